The third kappa shape index (κ3) is 3.95. The lowest BCUT2D eigenvalue weighted by atomic mass is 10.0. The average molecular weight is 446 g/mol. The summed E-state index contributed by atoms with van der Waals surface area (Å²) in [5.74, 6) is -0.258. The molecule has 0 aliphatic carbocycles. The van der Waals surface area contributed by atoms with Gasteiger partial charge in [-0.05, 0) is 38.1 Å². The second-order valence-electron chi connectivity index (χ2n) is 8.64. The Morgan fingerprint density at radius 2 is 1.94 bits per heavy atom. The number of methoxy groups -OCH3 is 1. The van der Waals surface area contributed by atoms with Gasteiger partial charge in [-0.3, -0.25) is 4.79 Å². The highest BCUT2D eigenvalue weighted by atomic mass is 16.5. The Balaban J connectivity index is 1.53. The Morgan fingerprint density at radius 1 is 1.15 bits per heavy atom. The maximum Gasteiger partial charge on any atom is 0.316 e. The normalized spacial score (nSPS) is 18.6. The minimum Gasteiger partial charge on any atom is -0.467 e. The van der Waals surface area contributed by atoms with Crippen LogP contribution >= 0.6 is 0 Å². The van der Waals surface area contributed by atoms with Crippen LogP contribution < -0.4 is 20.3 Å². The summed E-state index contributed by atoms with van der Waals surface area (Å²) in [7, 11) is 3.46. The van der Waals surface area contributed by atoms with Crippen molar-refractivity contribution in [2.24, 2.45) is 7.05 Å². The zero-order valence-corrected chi connectivity index (χ0v) is 19.2. The van der Waals surface area contributed by atoms with Crippen LogP contribution in [0.1, 0.15) is 24.2 Å². The summed E-state index contributed by atoms with van der Waals surface area (Å²) in [5.41, 5.74) is 3.52. The van der Waals surface area contributed by atoms with Gasteiger partial charge < -0.3 is 24.8 Å². The molecule has 2 atom stereocenters. The SMILES string of the molecule is COc1ncc2c(N3CC(C)NC(C)C3)ccc(C(=O)Nc3cnc4c(ccn4C)c3)c2n1. The quantitative estimate of drug-likeness (QED) is 0.498. The van der Waals surface area contributed by atoms with E-state index in [0.717, 1.165) is 35.2 Å². The number of benzene rings is 1. The van der Waals surface area contributed by atoms with Gasteiger partial charge in [-0.2, -0.15) is 4.98 Å². The molecule has 1 amide bonds. The molecule has 1 aliphatic rings. The highest BCUT2D eigenvalue weighted by molar-refractivity contribution is 6.14. The van der Waals surface area contributed by atoms with E-state index in [4.69, 9.17) is 4.74 Å². The van der Waals surface area contributed by atoms with E-state index in [2.05, 4.69) is 44.3 Å². The molecule has 4 aromatic rings. The van der Waals surface area contributed by atoms with Crippen molar-refractivity contribution >= 4 is 39.2 Å². The summed E-state index contributed by atoms with van der Waals surface area (Å²) in [6, 6.07) is 8.62. The van der Waals surface area contributed by atoms with Crippen LogP contribution in [0.4, 0.5) is 11.4 Å². The molecule has 1 aliphatic heterocycles. The molecule has 0 bridgehead atoms. The number of nitrogens with one attached hydrogen (secondary N) is 2. The molecule has 170 valence electrons. The highest BCUT2D eigenvalue weighted by Crippen LogP contribution is 2.31. The van der Waals surface area contributed by atoms with Gasteiger partial charge in [0.15, 0.2) is 0 Å². The van der Waals surface area contributed by atoms with Crippen molar-refractivity contribution in [3.05, 3.63) is 48.4 Å². The number of fused-ring (bicyclic) bond motifs is 2. The number of anilines is 2. The van der Waals surface area contributed by atoms with Crippen LogP contribution in [0.5, 0.6) is 6.01 Å². The summed E-state index contributed by atoms with van der Waals surface area (Å²) in [6.07, 6.45) is 5.34. The number of ether oxygens (including phenoxy) is 1. The Bertz CT molecular complexity index is 1340. The first-order valence-electron chi connectivity index (χ1n) is 11.0. The minimum absolute atomic E-state index is 0.225. The first-order chi connectivity index (χ1) is 15.9. The minimum atomic E-state index is -0.258. The lowest BCUT2D eigenvalue weighted by Crippen LogP contribution is -2.54. The standard InChI is InChI=1S/C24H27N7O2/c1-14-12-31(13-15(2)27-14)20-6-5-18(21-19(20)11-26-24(29-21)33-4)23(32)28-17-9-16-7-8-30(3)22(16)25-10-17/h5-11,14-15,27H,12-13H2,1-4H3,(H,28,32). The first-order valence-corrected chi connectivity index (χ1v) is 11.0. The molecule has 0 saturated carbocycles. The maximum absolute atomic E-state index is 13.3. The van der Waals surface area contributed by atoms with Crippen LogP contribution in [0.25, 0.3) is 21.9 Å². The predicted molar refractivity (Wildman–Crippen MR) is 129 cm³/mol. The molecule has 3 aromatic heterocycles. The molecule has 2 N–H and O–H groups in total. The first kappa shape index (κ1) is 21.1. The average Bonchev–Trinajstić information content (AvgIpc) is 3.17. The fourth-order valence-corrected chi connectivity index (χ4v) is 4.59. The third-order valence-corrected chi connectivity index (χ3v) is 6.00. The number of piperazine rings is 1. The van der Waals surface area contributed by atoms with E-state index in [1.807, 2.05) is 42.1 Å². The van der Waals surface area contributed by atoms with Crippen molar-refractivity contribution < 1.29 is 9.53 Å². The molecule has 0 radical (unpaired) electrons. The molecular formula is C24H27N7O2. The van der Waals surface area contributed by atoms with Crippen LogP contribution in [-0.4, -0.2) is 57.7 Å². The van der Waals surface area contributed by atoms with Gasteiger partial charge in [0.05, 0.1) is 30.1 Å². The van der Waals surface area contributed by atoms with Gasteiger partial charge in [0.2, 0.25) is 0 Å². The van der Waals surface area contributed by atoms with E-state index in [1.165, 1.54) is 7.11 Å². The highest BCUT2D eigenvalue weighted by Gasteiger charge is 2.24. The van der Waals surface area contributed by atoms with Crippen molar-refractivity contribution in [1.82, 2.24) is 24.8 Å². The second-order valence-corrected chi connectivity index (χ2v) is 8.64. The Hall–Kier alpha value is -3.72. The largest absolute Gasteiger partial charge is 0.467 e. The number of hydrogen-bond acceptors (Lipinski definition) is 7. The van der Waals surface area contributed by atoms with Crippen LogP contribution in [-0.2, 0) is 7.05 Å². The molecular weight excluding hydrogens is 418 g/mol. The van der Waals surface area contributed by atoms with Gasteiger partial charge in [0, 0.05) is 61.1 Å². The van der Waals surface area contributed by atoms with E-state index >= 15 is 0 Å². The van der Waals surface area contributed by atoms with Gasteiger partial charge in [0.1, 0.15) is 5.65 Å². The van der Waals surface area contributed by atoms with Crippen molar-refractivity contribution in [3.8, 4) is 6.01 Å². The fraction of sp³-hybridized carbons (Fsp3) is 0.333. The number of carbonyl (C=O) groups excluding carboxylic acids is 1. The number of carbonyl (C=O) groups is 1. The predicted octanol–water partition coefficient (Wildman–Crippen LogP) is 2.96. The molecule has 33 heavy (non-hydrogen) atoms. The zero-order chi connectivity index (χ0) is 23.1. The van der Waals surface area contributed by atoms with Gasteiger partial charge >= 0.3 is 6.01 Å². The summed E-state index contributed by atoms with van der Waals surface area (Å²) in [4.78, 5) is 28.9. The molecule has 5 rings (SSSR count). The van der Waals surface area contributed by atoms with Gasteiger partial charge in [-0.15, -0.1) is 0 Å². The number of aromatic nitrogens is 4. The molecule has 2 unspecified atom stereocenters. The van der Waals surface area contributed by atoms with E-state index < -0.39 is 0 Å². The Kier molecular flexibility index (Phi) is 5.33. The number of amides is 1. The van der Waals surface area contributed by atoms with Crippen molar-refractivity contribution in [2.75, 3.05) is 30.4 Å². The fourth-order valence-electron chi connectivity index (χ4n) is 4.59. The molecule has 1 aromatic carbocycles. The van der Waals surface area contributed by atoms with Crippen LogP contribution in [0.2, 0.25) is 0 Å². The number of pyridine rings is 1. The molecule has 4 heterocycles. The Labute approximate surface area is 191 Å². The topological polar surface area (TPSA) is 97.2 Å². The van der Waals surface area contributed by atoms with Gasteiger partial charge in [-0.1, -0.05) is 0 Å². The molecule has 9 nitrogen and oxygen atoms in total. The van der Waals surface area contributed by atoms with Gasteiger partial charge in [-0.25, -0.2) is 9.97 Å². The molecule has 0 spiro atoms. The lowest BCUT2D eigenvalue weighted by Gasteiger charge is -2.38. The van der Waals surface area contributed by atoms with E-state index in [9.17, 15) is 4.79 Å². The van der Waals surface area contributed by atoms with E-state index in [1.54, 1.807) is 12.4 Å². The lowest BCUT2D eigenvalue weighted by molar-refractivity contribution is 0.102. The maximum atomic E-state index is 13.3. The molecule has 9 heteroatoms. The van der Waals surface area contributed by atoms with E-state index in [-0.39, 0.29) is 11.9 Å². The van der Waals surface area contributed by atoms with E-state index in [0.29, 0.717) is 28.9 Å². The summed E-state index contributed by atoms with van der Waals surface area (Å²) >= 11 is 0. The third-order valence-electron chi connectivity index (χ3n) is 6.00. The smallest absolute Gasteiger partial charge is 0.316 e. The zero-order valence-electron chi connectivity index (χ0n) is 19.2. The monoisotopic (exact) mass is 445 g/mol. The Morgan fingerprint density at radius 3 is 2.70 bits per heavy atom. The van der Waals surface area contributed by atoms with Crippen LogP contribution in [0.15, 0.2) is 42.9 Å². The number of hydrogen-bond donors (Lipinski definition) is 2. The number of nitrogens with zero attached hydrogens (tertiary/aromatic N) is 5. The number of rotatable bonds is 4. The van der Waals surface area contributed by atoms with Crippen molar-refractivity contribution in [3.63, 3.8) is 0 Å². The van der Waals surface area contributed by atoms with Gasteiger partial charge in [0.25, 0.3) is 5.91 Å². The summed E-state index contributed by atoms with van der Waals surface area (Å²) in [6.45, 7) is 6.06. The van der Waals surface area contributed by atoms with Crippen LogP contribution in [0.3, 0.4) is 0 Å². The van der Waals surface area contributed by atoms with Crippen LogP contribution in [0, 0.1) is 0 Å². The van der Waals surface area contributed by atoms with Crippen molar-refractivity contribution in [1.29, 1.82) is 0 Å². The summed E-state index contributed by atoms with van der Waals surface area (Å²) in [5, 5.41) is 8.30. The molecule has 1 fully saturated rings. The number of aryl methyl sites for hydroxylation is 1. The van der Waals surface area contributed by atoms with Crippen molar-refractivity contribution in [2.45, 2.75) is 25.9 Å². The molecule has 1 saturated heterocycles. The summed E-state index contributed by atoms with van der Waals surface area (Å²) < 4.78 is 7.19. The second kappa shape index (κ2) is 8.32.